The molecule has 1 aromatic heterocycles. The zero-order valence-corrected chi connectivity index (χ0v) is 7.64. The second kappa shape index (κ2) is 3.44. The quantitative estimate of drug-likeness (QED) is 0.743. The van der Waals surface area contributed by atoms with Crippen molar-refractivity contribution in [1.29, 1.82) is 0 Å². The maximum Gasteiger partial charge on any atom is 0.380 e. The molecule has 0 radical (unpaired) electrons. The van der Waals surface area contributed by atoms with E-state index in [-0.39, 0.29) is 5.02 Å². The van der Waals surface area contributed by atoms with Gasteiger partial charge in [-0.2, -0.15) is 17.9 Å². The Morgan fingerprint density at radius 3 is 2.77 bits per heavy atom. The van der Waals surface area contributed by atoms with Crippen LogP contribution >= 0.6 is 11.6 Å². The van der Waals surface area contributed by atoms with Gasteiger partial charge in [-0.25, -0.2) is 4.98 Å². The zero-order valence-electron chi connectivity index (χ0n) is 6.07. The molecule has 5 nitrogen and oxygen atoms in total. The van der Waals surface area contributed by atoms with E-state index in [1.165, 1.54) is 0 Å². The van der Waals surface area contributed by atoms with Crippen LogP contribution < -0.4 is 9.32 Å². The van der Waals surface area contributed by atoms with Crippen molar-refractivity contribution < 1.29 is 17.0 Å². The van der Waals surface area contributed by atoms with Crippen LogP contribution in [0.3, 0.4) is 0 Å². The van der Waals surface area contributed by atoms with Gasteiger partial charge in [0.05, 0.1) is 5.02 Å². The van der Waals surface area contributed by atoms with Crippen molar-refractivity contribution in [2.45, 2.75) is 0 Å². The zero-order chi connectivity index (χ0) is 10.1. The van der Waals surface area contributed by atoms with Crippen molar-refractivity contribution in [2.75, 3.05) is 0 Å². The van der Waals surface area contributed by atoms with Gasteiger partial charge in [-0.1, -0.05) is 11.6 Å². The van der Waals surface area contributed by atoms with E-state index in [1.54, 1.807) is 0 Å². The molecule has 0 aliphatic rings. The highest BCUT2D eigenvalue weighted by Crippen LogP contribution is 2.19. The van der Waals surface area contributed by atoms with Gasteiger partial charge >= 0.3 is 10.3 Å². The molecule has 1 heterocycles. The first kappa shape index (κ1) is 10.2. The Morgan fingerprint density at radius 1 is 1.62 bits per heavy atom. The molecule has 0 aliphatic carbocycles. The van der Waals surface area contributed by atoms with Crippen molar-refractivity contribution in [3.05, 3.63) is 23.2 Å². The first-order valence-corrected chi connectivity index (χ1v) is 4.76. The number of aromatic nitrogens is 1. The first-order valence-electron chi connectivity index (χ1n) is 2.92. The molecule has 8 heteroatoms. The Kier molecular flexibility index (Phi) is 2.69. The lowest BCUT2D eigenvalue weighted by Crippen LogP contribution is -2.19. The summed E-state index contributed by atoms with van der Waals surface area (Å²) in [4.78, 5) is 3.12. The van der Waals surface area contributed by atoms with Crippen LogP contribution in [0.5, 0.6) is 5.75 Å². The molecule has 0 aliphatic heterocycles. The summed E-state index contributed by atoms with van der Waals surface area (Å²) in [5, 5.41) is 4.54. The molecule has 72 valence electrons. The molecule has 0 saturated heterocycles. The second-order valence-corrected chi connectivity index (χ2v) is 3.61. The van der Waals surface area contributed by atoms with E-state index < -0.39 is 22.0 Å². The summed E-state index contributed by atoms with van der Waals surface area (Å²) >= 11 is 5.40. The largest absolute Gasteiger partial charge is 0.380 e. The predicted octanol–water partition coefficient (Wildman–Crippen LogP) is 0.456. The van der Waals surface area contributed by atoms with Crippen LogP contribution in [0.2, 0.25) is 5.02 Å². The van der Waals surface area contributed by atoms with Crippen molar-refractivity contribution in [2.24, 2.45) is 5.14 Å². The van der Waals surface area contributed by atoms with Gasteiger partial charge in [0.15, 0.2) is 5.75 Å². The van der Waals surface area contributed by atoms with Crippen LogP contribution in [0.1, 0.15) is 0 Å². The second-order valence-electron chi connectivity index (χ2n) is 2.02. The maximum atomic E-state index is 12.7. The molecule has 0 aromatic carbocycles. The molecule has 0 atom stereocenters. The van der Waals surface area contributed by atoms with E-state index in [0.29, 0.717) is 0 Å². The van der Waals surface area contributed by atoms with E-state index in [2.05, 4.69) is 14.3 Å². The minimum absolute atomic E-state index is 0.0417. The average molecular weight is 227 g/mol. The molecule has 1 aromatic rings. The van der Waals surface area contributed by atoms with Crippen LogP contribution in [0.15, 0.2) is 12.3 Å². The fourth-order valence-corrected chi connectivity index (χ4v) is 1.10. The highest BCUT2D eigenvalue weighted by Gasteiger charge is 2.11. The van der Waals surface area contributed by atoms with Crippen molar-refractivity contribution in [3.63, 3.8) is 0 Å². The smallest absolute Gasteiger partial charge is 0.366 e. The molecule has 0 bridgehead atoms. The van der Waals surface area contributed by atoms with Gasteiger partial charge in [-0.3, -0.25) is 0 Å². The summed E-state index contributed by atoms with van der Waals surface area (Å²) in [6.45, 7) is 0. The third-order valence-electron chi connectivity index (χ3n) is 0.979. The van der Waals surface area contributed by atoms with E-state index in [4.69, 9.17) is 11.6 Å². The number of hydrogen-bond acceptors (Lipinski definition) is 4. The summed E-state index contributed by atoms with van der Waals surface area (Å²) in [5.41, 5.74) is 0. The van der Waals surface area contributed by atoms with Crippen LogP contribution in [-0.4, -0.2) is 13.4 Å². The minimum atomic E-state index is -4.26. The highest BCUT2D eigenvalue weighted by molar-refractivity contribution is 7.84. The molecule has 0 spiro atoms. The van der Waals surface area contributed by atoms with Gasteiger partial charge < -0.3 is 4.18 Å². The number of hydrogen-bond donors (Lipinski definition) is 1. The summed E-state index contributed by atoms with van der Waals surface area (Å²) in [5.74, 6) is -1.73. The summed E-state index contributed by atoms with van der Waals surface area (Å²) < 4.78 is 37.5. The van der Waals surface area contributed by atoms with Gasteiger partial charge in [0.25, 0.3) is 5.95 Å². The molecule has 0 amide bonds. The maximum absolute atomic E-state index is 12.7. The lowest BCUT2D eigenvalue weighted by Gasteiger charge is -2.02. The van der Waals surface area contributed by atoms with E-state index >= 15 is 0 Å². The van der Waals surface area contributed by atoms with Gasteiger partial charge in [0.2, 0.25) is 0 Å². The van der Waals surface area contributed by atoms with E-state index in [0.717, 1.165) is 12.3 Å². The molecule has 0 unspecified atom stereocenters. The van der Waals surface area contributed by atoms with E-state index in [9.17, 15) is 12.8 Å². The number of nitrogens with zero attached hydrogens (tertiary/aromatic N) is 1. The normalized spacial score (nSPS) is 11.3. The van der Waals surface area contributed by atoms with Crippen LogP contribution in [0.4, 0.5) is 4.39 Å². The standard InChI is InChI=1S/C5H4ClFN2O3S/c6-3-1-4(5(7)9-2-3)12-13(8,10)11/h1-2H,(H2,8,10,11). The van der Waals surface area contributed by atoms with Crippen LogP contribution in [0.25, 0.3) is 0 Å². The third kappa shape index (κ3) is 3.13. The Hall–Kier alpha value is -0.920. The summed E-state index contributed by atoms with van der Waals surface area (Å²) in [7, 11) is -4.26. The average Bonchev–Trinajstić information content (AvgIpc) is 1.94. The number of halogens is 2. The monoisotopic (exact) mass is 226 g/mol. The SMILES string of the molecule is NS(=O)(=O)Oc1cc(Cl)cnc1F. The van der Waals surface area contributed by atoms with Crippen molar-refractivity contribution >= 4 is 21.9 Å². The fourth-order valence-electron chi connectivity index (χ4n) is 0.588. The van der Waals surface area contributed by atoms with Crippen LogP contribution in [0, 0.1) is 5.95 Å². The van der Waals surface area contributed by atoms with E-state index in [1.807, 2.05) is 0 Å². The van der Waals surface area contributed by atoms with Crippen LogP contribution in [-0.2, 0) is 10.3 Å². The molecular formula is C5H4ClFN2O3S. The molecule has 0 saturated carbocycles. The molecule has 13 heavy (non-hydrogen) atoms. The Bertz CT molecular complexity index is 422. The molecule has 1 rings (SSSR count). The van der Waals surface area contributed by atoms with Gasteiger partial charge in [0.1, 0.15) is 0 Å². The summed E-state index contributed by atoms with van der Waals surface area (Å²) in [6, 6.07) is 0.953. The predicted molar refractivity (Wildman–Crippen MR) is 42.9 cm³/mol. The van der Waals surface area contributed by atoms with Gasteiger partial charge in [0, 0.05) is 12.3 Å². The Balaban J connectivity index is 3.08. The molecular weight excluding hydrogens is 223 g/mol. The van der Waals surface area contributed by atoms with Crippen molar-refractivity contribution in [1.82, 2.24) is 4.98 Å². The Labute approximate surface area is 78.5 Å². The van der Waals surface area contributed by atoms with Gasteiger partial charge in [-0.05, 0) is 0 Å². The lowest BCUT2D eigenvalue weighted by molar-refractivity contribution is 0.452. The summed E-state index contributed by atoms with van der Waals surface area (Å²) in [6.07, 6.45) is 1.01. The topological polar surface area (TPSA) is 82.3 Å². The third-order valence-corrected chi connectivity index (χ3v) is 1.60. The first-order chi connectivity index (χ1) is 5.88. The van der Waals surface area contributed by atoms with Crippen molar-refractivity contribution in [3.8, 4) is 5.75 Å². The Morgan fingerprint density at radius 2 is 2.23 bits per heavy atom. The minimum Gasteiger partial charge on any atom is -0.366 e. The molecule has 0 fully saturated rings. The highest BCUT2D eigenvalue weighted by atomic mass is 35.5. The molecule has 2 N–H and O–H groups in total. The number of pyridine rings is 1. The number of nitrogens with two attached hydrogens (primary N) is 1. The lowest BCUT2D eigenvalue weighted by atomic mass is 10.4. The number of rotatable bonds is 2. The van der Waals surface area contributed by atoms with Gasteiger partial charge in [-0.15, -0.1) is 0 Å². The fraction of sp³-hybridized carbons (Fsp3) is 0.